The fourth-order valence-corrected chi connectivity index (χ4v) is 1.95. The molecule has 0 saturated carbocycles. The smallest absolute Gasteiger partial charge is 0.238 e. The first-order valence-electron chi connectivity index (χ1n) is 4.32. The Balaban J connectivity index is 3.04. The molecule has 2 N–H and O–H groups in total. The number of benzene rings is 1. The predicted molar refractivity (Wildman–Crippen MR) is 58.2 cm³/mol. The number of nitrogens with two attached hydrogens (primary N) is 1. The minimum atomic E-state index is -3.65. The second kappa shape index (κ2) is 4.46. The van der Waals surface area contributed by atoms with E-state index in [-0.39, 0.29) is 4.90 Å². The van der Waals surface area contributed by atoms with Crippen LogP contribution < -0.4 is 9.88 Å². The number of rotatable bonds is 4. The molecule has 5 heteroatoms. The van der Waals surface area contributed by atoms with Gasteiger partial charge in [-0.25, -0.2) is 13.6 Å². The van der Waals surface area contributed by atoms with E-state index >= 15 is 0 Å². The molecule has 0 aliphatic rings. The van der Waals surface area contributed by atoms with E-state index in [0.717, 1.165) is 0 Å². The molecule has 0 radical (unpaired) electrons. The average Bonchev–Trinajstić information content (AvgIpc) is 2.12. The van der Waals surface area contributed by atoms with Crippen molar-refractivity contribution < 1.29 is 13.2 Å². The summed E-state index contributed by atoms with van der Waals surface area (Å²) in [5, 5.41) is 5.02. The molecule has 82 valence electrons. The van der Waals surface area contributed by atoms with Crippen molar-refractivity contribution in [3.63, 3.8) is 0 Å². The van der Waals surface area contributed by atoms with E-state index in [4.69, 9.17) is 9.88 Å². The lowest BCUT2D eigenvalue weighted by molar-refractivity contribution is 0.362. The van der Waals surface area contributed by atoms with Crippen LogP contribution in [0.4, 0.5) is 0 Å². The molecule has 4 nitrogen and oxygen atoms in total. The third-order valence-corrected chi connectivity index (χ3v) is 2.89. The predicted octanol–water partition coefficient (Wildman–Crippen LogP) is 1.21. The molecule has 0 spiro atoms. The molecule has 0 amide bonds. The molecule has 0 fully saturated rings. The maximum Gasteiger partial charge on any atom is 0.238 e. The fourth-order valence-electron chi connectivity index (χ4n) is 1.19. The highest BCUT2D eigenvalue weighted by molar-refractivity contribution is 7.89. The van der Waals surface area contributed by atoms with Gasteiger partial charge in [-0.3, -0.25) is 0 Å². The van der Waals surface area contributed by atoms with Gasteiger partial charge in [0.2, 0.25) is 10.0 Å². The quantitative estimate of drug-likeness (QED) is 0.786. The Hall–Kier alpha value is -1.33. The fraction of sp³-hybridized carbons (Fsp3) is 0.200. The number of sulfonamides is 1. The zero-order chi connectivity index (χ0) is 11.5. The summed E-state index contributed by atoms with van der Waals surface area (Å²) in [6.45, 7) is 5.56. The third kappa shape index (κ3) is 3.07. The molecule has 15 heavy (non-hydrogen) atoms. The van der Waals surface area contributed by atoms with Gasteiger partial charge >= 0.3 is 0 Å². The Morgan fingerprint density at radius 1 is 1.53 bits per heavy atom. The molecule has 0 aliphatic carbocycles. The van der Waals surface area contributed by atoms with Gasteiger partial charge in [-0.05, 0) is 30.7 Å². The lowest BCUT2D eigenvalue weighted by Crippen LogP contribution is -2.13. The van der Waals surface area contributed by atoms with Gasteiger partial charge < -0.3 is 4.74 Å². The van der Waals surface area contributed by atoms with E-state index < -0.39 is 10.0 Å². The van der Waals surface area contributed by atoms with Crippen LogP contribution in [0.15, 0.2) is 35.7 Å². The first kappa shape index (κ1) is 11.7. The van der Waals surface area contributed by atoms with Crippen LogP contribution in [-0.4, -0.2) is 15.0 Å². The highest BCUT2D eigenvalue weighted by Crippen LogP contribution is 2.19. The van der Waals surface area contributed by atoms with E-state index in [2.05, 4.69) is 6.58 Å². The maximum absolute atomic E-state index is 11.1. The van der Waals surface area contributed by atoms with Gasteiger partial charge in [0.1, 0.15) is 12.4 Å². The van der Waals surface area contributed by atoms with E-state index in [0.29, 0.717) is 17.9 Å². The van der Waals surface area contributed by atoms with Crippen LogP contribution in [0, 0.1) is 6.92 Å². The topological polar surface area (TPSA) is 69.4 Å². The summed E-state index contributed by atoms with van der Waals surface area (Å²) < 4.78 is 27.4. The largest absolute Gasteiger partial charge is 0.490 e. The molecule has 0 aliphatic heterocycles. The Labute approximate surface area is 89.4 Å². The van der Waals surface area contributed by atoms with Crippen LogP contribution in [0.5, 0.6) is 5.75 Å². The van der Waals surface area contributed by atoms with E-state index in [1.165, 1.54) is 6.07 Å². The molecule has 1 rings (SSSR count). The van der Waals surface area contributed by atoms with Gasteiger partial charge in [-0.1, -0.05) is 12.7 Å². The molecular weight excluding hydrogens is 214 g/mol. The first-order valence-corrected chi connectivity index (χ1v) is 5.87. The molecular formula is C10H13NO3S. The monoisotopic (exact) mass is 227 g/mol. The van der Waals surface area contributed by atoms with E-state index in [1.807, 2.05) is 0 Å². The molecule has 0 bridgehead atoms. The minimum Gasteiger partial charge on any atom is -0.490 e. The second-order valence-electron chi connectivity index (χ2n) is 3.07. The molecule has 0 atom stereocenters. The zero-order valence-electron chi connectivity index (χ0n) is 8.43. The van der Waals surface area contributed by atoms with Gasteiger partial charge in [-0.2, -0.15) is 0 Å². The summed E-state index contributed by atoms with van der Waals surface area (Å²) >= 11 is 0. The number of ether oxygens (including phenoxy) is 1. The molecule has 1 aromatic rings. The van der Waals surface area contributed by atoms with Gasteiger partial charge in [0.05, 0.1) is 4.90 Å². The summed E-state index contributed by atoms with van der Waals surface area (Å²) in [4.78, 5) is 0.119. The van der Waals surface area contributed by atoms with Crippen molar-refractivity contribution in [2.75, 3.05) is 6.61 Å². The van der Waals surface area contributed by atoms with Crippen LogP contribution in [-0.2, 0) is 10.0 Å². The van der Waals surface area contributed by atoms with E-state index in [1.54, 1.807) is 25.1 Å². The molecule has 0 aromatic heterocycles. The highest BCUT2D eigenvalue weighted by Gasteiger charge is 2.11. The van der Waals surface area contributed by atoms with Gasteiger partial charge in [0.15, 0.2) is 0 Å². The minimum absolute atomic E-state index is 0.119. The molecule has 0 unspecified atom stereocenters. The Morgan fingerprint density at radius 3 is 2.67 bits per heavy atom. The number of aryl methyl sites for hydroxylation is 1. The van der Waals surface area contributed by atoms with Crippen LogP contribution in [0.2, 0.25) is 0 Å². The number of primary sulfonamides is 1. The number of hydrogen-bond donors (Lipinski definition) is 1. The van der Waals surface area contributed by atoms with Gasteiger partial charge in [0.25, 0.3) is 0 Å². The first-order chi connectivity index (χ1) is 6.95. The zero-order valence-corrected chi connectivity index (χ0v) is 9.25. The Bertz CT molecular complexity index is 466. The normalized spacial score (nSPS) is 11.1. The summed E-state index contributed by atoms with van der Waals surface area (Å²) in [5.74, 6) is 0.597. The van der Waals surface area contributed by atoms with Crippen molar-refractivity contribution in [2.24, 2.45) is 5.14 Å². The van der Waals surface area contributed by atoms with Gasteiger partial charge in [-0.15, -0.1) is 0 Å². The Kier molecular flexibility index (Phi) is 3.49. The standard InChI is InChI=1S/C10H13NO3S/c1-3-6-14-9-4-5-10(8(2)7-9)15(11,12)13/h3-5,7H,1,6H2,2H3,(H2,11,12,13). The molecule has 0 saturated heterocycles. The van der Waals surface area contributed by atoms with Crippen molar-refractivity contribution in [3.8, 4) is 5.75 Å². The summed E-state index contributed by atoms with van der Waals surface area (Å²) in [6, 6.07) is 4.63. The summed E-state index contributed by atoms with van der Waals surface area (Å²) in [7, 11) is -3.65. The van der Waals surface area contributed by atoms with Crippen LogP contribution in [0.3, 0.4) is 0 Å². The van der Waals surface area contributed by atoms with Crippen LogP contribution in [0.1, 0.15) is 5.56 Å². The van der Waals surface area contributed by atoms with E-state index in [9.17, 15) is 8.42 Å². The van der Waals surface area contributed by atoms with Crippen molar-refractivity contribution in [1.82, 2.24) is 0 Å². The second-order valence-corrected chi connectivity index (χ2v) is 4.60. The molecule has 1 aromatic carbocycles. The maximum atomic E-state index is 11.1. The average molecular weight is 227 g/mol. The third-order valence-electron chi connectivity index (χ3n) is 1.82. The molecule has 0 heterocycles. The van der Waals surface area contributed by atoms with Crippen molar-refractivity contribution in [2.45, 2.75) is 11.8 Å². The highest BCUT2D eigenvalue weighted by atomic mass is 32.2. The van der Waals surface area contributed by atoms with Crippen molar-refractivity contribution in [3.05, 3.63) is 36.4 Å². The summed E-state index contributed by atoms with van der Waals surface area (Å²) in [5.41, 5.74) is 0.569. The SMILES string of the molecule is C=CCOc1ccc(S(N)(=O)=O)c(C)c1. The Morgan fingerprint density at radius 2 is 2.20 bits per heavy atom. The van der Waals surface area contributed by atoms with Crippen molar-refractivity contribution in [1.29, 1.82) is 0 Å². The number of hydrogen-bond acceptors (Lipinski definition) is 3. The van der Waals surface area contributed by atoms with Crippen LogP contribution in [0.25, 0.3) is 0 Å². The summed E-state index contributed by atoms with van der Waals surface area (Å²) in [6.07, 6.45) is 1.61. The van der Waals surface area contributed by atoms with Gasteiger partial charge in [0, 0.05) is 0 Å². The van der Waals surface area contributed by atoms with Crippen LogP contribution >= 0.6 is 0 Å². The lowest BCUT2D eigenvalue weighted by atomic mass is 10.2. The van der Waals surface area contributed by atoms with Crippen molar-refractivity contribution >= 4 is 10.0 Å². The lowest BCUT2D eigenvalue weighted by Gasteiger charge is -2.07.